The van der Waals surface area contributed by atoms with Crippen molar-refractivity contribution in [3.05, 3.63) is 18.0 Å². The van der Waals surface area contributed by atoms with Gasteiger partial charge in [-0.05, 0) is 31.9 Å². The van der Waals surface area contributed by atoms with Crippen LogP contribution in [0.25, 0.3) is 0 Å². The number of aromatic nitrogens is 2. The third-order valence-electron chi connectivity index (χ3n) is 4.85. The standard InChI is InChI=1S/C16H27N3O/c1-2-17-12-16(8-10-20-13-16)11-14-7-9-19(18-14)15-5-3-4-6-15/h7,9,15,17H,2-6,8,10-13H2,1H3. The van der Waals surface area contributed by atoms with Gasteiger partial charge in [-0.3, -0.25) is 4.68 Å². The Kier molecular flexibility index (Phi) is 4.41. The van der Waals surface area contributed by atoms with Gasteiger partial charge in [-0.1, -0.05) is 19.8 Å². The molecule has 1 aromatic rings. The van der Waals surface area contributed by atoms with E-state index in [0.29, 0.717) is 6.04 Å². The summed E-state index contributed by atoms with van der Waals surface area (Å²) in [5.74, 6) is 0. The average Bonchev–Trinajstić information content (AvgIpc) is 3.18. The van der Waals surface area contributed by atoms with E-state index in [1.165, 1.54) is 31.4 Å². The van der Waals surface area contributed by atoms with Crippen LogP contribution in [-0.4, -0.2) is 36.1 Å². The molecule has 2 fully saturated rings. The smallest absolute Gasteiger partial charge is 0.0631 e. The topological polar surface area (TPSA) is 39.1 Å². The van der Waals surface area contributed by atoms with E-state index < -0.39 is 0 Å². The van der Waals surface area contributed by atoms with E-state index in [0.717, 1.165) is 39.1 Å². The second kappa shape index (κ2) is 6.27. The maximum atomic E-state index is 5.66. The fraction of sp³-hybridized carbons (Fsp3) is 0.812. The van der Waals surface area contributed by atoms with Gasteiger partial charge >= 0.3 is 0 Å². The Hall–Kier alpha value is -0.870. The Morgan fingerprint density at radius 1 is 1.45 bits per heavy atom. The lowest BCUT2D eigenvalue weighted by Gasteiger charge is -2.26. The van der Waals surface area contributed by atoms with Crippen molar-refractivity contribution in [3.8, 4) is 0 Å². The summed E-state index contributed by atoms with van der Waals surface area (Å²) in [5, 5.41) is 8.34. The summed E-state index contributed by atoms with van der Waals surface area (Å²) in [6, 6.07) is 2.86. The first-order valence-corrected chi connectivity index (χ1v) is 8.14. The molecule has 2 aliphatic rings. The summed E-state index contributed by atoms with van der Waals surface area (Å²) in [4.78, 5) is 0. The van der Waals surface area contributed by atoms with E-state index in [1.807, 2.05) is 0 Å². The van der Waals surface area contributed by atoms with Gasteiger partial charge in [-0.2, -0.15) is 5.10 Å². The Morgan fingerprint density at radius 2 is 2.30 bits per heavy atom. The molecule has 112 valence electrons. The highest BCUT2D eigenvalue weighted by Gasteiger charge is 2.35. The molecule has 0 radical (unpaired) electrons. The zero-order valence-corrected chi connectivity index (χ0v) is 12.6. The van der Waals surface area contributed by atoms with Crippen LogP contribution in [-0.2, 0) is 11.2 Å². The fourth-order valence-corrected chi connectivity index (χ4v) is 3.61. The van der Waals surface area contributed by atoms with Crippen molar-refractivity contribution in [2.75, 3.05) is 26.3 Å². The first-order valence-electron chi connectivity index (χ1n) is 8.14. The van der Waals surface area contributed by atoms with Crippen LogP contribution in [0.2, 0.25) is 0 Å². The number of rotatable bonds is 6. The molecule has 1 unspecified atom stereocenters. The van der Waals surface area contributed by atoms with Crippen LogP contribution in [0.4, 0.5) is 0 Å². The molecule has 1 saturated carbocycles. The summed E-state index contributed by atoms with van der Waals surface area (Å²) in [7, 11) is 0. The molecule has 4 nitrogen and oxygen atoms in total. The van der Waals surface area contributed by atoms with Crippen molar-refractivity contribution < 1.29 is 4.74 Å². The molecule has 1 saturated heterocycles. The Balaban J connectivity index is 1.65. The van der Waals surface area contributed by atoms with Crippen LogP contribution in [0.5, 0.6) is 0 Å². The minimum absolute atomic E-state index is 0.255. The first kappa shape index (κ1) is 14.1. The SMILES string of the molecule is CCNCC1(Cc2ccn(C3CCCC3)n2)CCOC1. The van der Waals surface area contributed by atoms with E-state index in [9.17, 15) is 0 Å². The number of nitrogens with zero attached hydrogens (tertiary/aromatic N) is 2. The molecule has 3 rings (SSSR count). The van der Waals surface area contributed by atoms with Gasteiger partial charge in [0.2, 0.25) is 0 Å². The van der Waals surface area contributed by atoms with Crippen molar-refractivity contribution in [2.45, 2.75) is 51.5 Å². The first-order chi connectivity index (χ1) is 9.81. The van der Waals surface area contributed by atoms with Gasteiger partial charge < -0.3 is 10.1 Å². The number of hydrogen-bond donors (Lipinski definition) is 1. The van der Waals surface area contributed by atoms with Crippen LogP contribution in [0, 0.1) is 5.41 Å². The Labute approximate surface area is 121 Å². The summed E-state index contributed by atoms with van der Waals surface area (Å²) in [6.45, 7) is 6.00. The minimum atomic E-state index is 0.255. The maximum Gasteiger partial charge on any atom is 0.0631 e. The molecule has 0 bridgehead atoms. The summed E-state index contributed by atoms with van der Waals surface area (Å²) >= 11 is 0. The highest BCUT2D eigenvalue weighted by molar-refractivity contribution is 5.06. The van der Waals surface area contributed by atoms with Crippen LogP contribution in [0.3, 0.4) is 0 Å². The summed E-state index contributed by atoms with van der Waals surface area (Å²) in [5.41, 5.74) is 1.49. The van der Waals surface area contributed by atoms with Gasteiger partial charge in [0.1, 0.15) is 0 Å². The van der Waals surface area contributed by atoms with Gasteiger partial charge in [0.05, 0.1) is 18.3 Å². The molecule has 1 N–H and O–H groups in total. The molecule has 2 heterocycles. The zero-order valence-electron chi connectivity index (χ0n) is 12.6. The third-order valence-corrected chi connectivity index (χ3v) is 4.85. The van der Waals surface area contributed by atoms with Crippen molar-refractivity contribution in [3.63, 3.8) is 0 Å². The fourth-order valence-electron chi connectivity index (χ4n) is 3.61. The lowest BCUT2D eigenvalue weighted by Crippen LogP contribution is -2.36. The molecule has 0 amide bonds. The van der Waals surface area contributed by atoms with Crippen molar-refractivity contribution in [1.82, 2.24) is 15.1 Å². The second-order valence-electron chi connectivity index (χ2n) is 6.49. The van der Waals surface area contributed by atoms with Gasteiger partial charge in [0.15, 0.2) is 0 Å². The largest absolute Gasteiger partial charge is 0.381 e. The van der Waals surface area contributed by atoms with Crippen LogP contribution in [0.15, 0.2) is 12.3 Å². The van der Waals surface area contributed by atoms with E-state index in [4.69, 9.17) is 9.84 Å². The minimum Gasteiger partial charge on any atom is -0.381 e. The number of ether oxygens (including phenoxy) is 1. The second-order valence-corrected chi connectivity index (χ2v) is 6.49. The number of hydrogen-bond acceptors (Lipinski definition) is 3. The van der Waals surface area contributed by atoms with Crippen molar-refractivity contribution in [2.24, 2.45) is 5.41 Å². The van der Waals surface area contributed by atoms with E-state index >= 15 is 0 Å². The monoisotopic (exact) mass is 277 g/mol. The maximum absolute atomic E-state index is 5.66. The molecule has 1 aromatic heterocycles. The zero-order chi connectivity index (χ0) is 13.8. The van der Waals surface area contributed by atoms with Gasteiger partial charge in [0, 0.05) is 31.2 Å². The highest BCUT2D eigenvalue weighted by Crippen LogP contribution is 2.33. The molecule has 1 aliphatic carbocycles. The molecule has 4 heteroatoms. The Bertz CT molecular complexity index is 417. The van der Waals surface area contributed by atoms with Crippen LogP contribution < -0.4 is 5.32 Å². The van der Waals surface area contributed by atoms with E-state index in [1.54, 1.807) is 0 Å². The van der Waals surface area contributed by atoms with E-state index in [2.05, 4.69) is 29.2 Å². The molecule has 20 heavy (non-hydrogen) atoms. The lowest BCUT2D eigenvalue weighted by molar-refractivity contribution is 0.149. The number of nitrogens with one attached hydrogen (secondary N) is 1. The third kappa shape index (κ3) is 3.07. The molecular formula is C16H27N3O. The normalized spacial score (nSPS) is 27.4. The highest BCUT2D eigenvalue weighted by atomic mass is 16.5. The molecule has 0 aromatic carbocycles. The Morgan fingerprint density at radius 3 is 3.00 bits per heavy atom. The van der Waals surface area contributed by atoms with Crippen LogP contribution >= 0.6 is 0 Å². The van der Waals surface area contributed by atoms with Gasteiger partial charge in [-0.25, -0.2) is 0 Å². The lowest BCUT2D eigenvalue weighted by atomic mass is 9.82. The van der Waals surface area contributed by atoms with E-state index in [-0.39, 0.29) is 5.41 Å². The predicted molar refractivity (Wildman–Crippen MR) is 79.8 cm³/mol. The van der Waals surface area contributed by atoms with Gasteiger partial charge in [-0.15, -0.1) is 0 Å². The quantitative estimate of drug-likeness (QED) is 0.868. The molecular weight excluding hydrogens is 250 g/mol. The van der Waals surface area contributed by atoms with Crippen molar-refractivity contribution >= 4 is 0 Å². The predicted octanol–water partition coefficient (Wildman–Crippen LogP) is 2.56. The average molecular weight is 277 g/mol. The van der Waals surface area contributed by atoms with Crippen molar-refractivity contribution in [1.29, 1.82) is 0 Å². The van der Waals surface area contributed by atoms with Gasteiger partial charge in [0.25, 0.3) is 0 Å². The molecule has 1 atom stereocenters. The summed E-state index contributed by atoms with van der Waals surface area (Å²) < 4.78 is 7.87. The summed E-state index contributed by atoms with van der Waals surface area (Å²) in [6.07, 6.45) is 9.69. The molecule has 0 spiro atoms. The van der Waals surface area contributed by atoms with Crippen LogP contribution in [0.1, 0.15) is 50.8 Å². The molecule has 1 aliphatic heterocycles.